The molecule has 1 aromatic heterocycles. The van der Waals surface area contributed by atoms with E-state index >= 15 is 0 Å². The third-order valence-corrected chi connectivity index (χ3v) is 2.96. The van der Waals surface area contributed by atoms with Crippen molar-refractivity contribution in [2.75, 3.05) is 0 Å². The maximum Gasteiger partial charge on any atom is 0.193 e. The summed E-state index contributed by atoms with van der Waals surface area (Å²) in [7, 11) is 0. The number of benzene rings is 2. The lowest BCUT2D eigenvalue weighted by molar-refractivity contribution is 0.104. The minimum atomic E-state index is 0.0485. The molecule has 0 bridgehead atoms. The van der Waals surface area contributed by atoms with E-state index < -0.39 is 0 Å². The van der Waals surface area contributed by atoms with Crippen LogP contribution >= 0.6 is 0 Å². The normalized spacial score (nSPS) is 10.4. The third-order valence-electron chi connectivity index (χ3n) is 2.96. The van der Waals surface area contributed by atoms with Crippen LogP contribution < -0.4 is 0 Å². The molecule has 0 atom stereocenters. The fraction of sp³-hybridized carbons (Fsp3) is 0. The highest BCUT2D eigenvalue weighted by atomic mass is 16.1. The van der Waals surface area contributed by atoms with Gasteiger partial charge in [0.2, 0.25) is 0 Å². The molecule has 0 N–H and O–H groups in total. The summed E-state index contributed by atoms with van der Waals surface area (Å²) in [6, 6.07) is 16.9. The van der Waals surface area contributed by atoms with Gasteiger partial charge in [-0.05, 0) is 11.5 Å². The molecule has 0 aliphatic heterocycles. The van der Waals surface area contributed by atoms with Crippen molar-refractivity contribution in [1.29, 1.82) is 0 Å². The molecule has 0 radical (unpaired) electrons. The molecular formula is C16H11NO. The van der Waals surface area contributed by atoms with Crippen molar-refractivity contribution in [3.05, 3.63) is 78.1 Å². The van der Waals surface area contributed by atoms with Gasteiger partial charge in [0, 0.05) is 28.9 Å². The number of pyridine rings is 1. The van der Waals surface area contributed by atoms with Gasteiger partial charge in [0.25, 0.3) is 0 Å². The van der Waals surface area contributed by atoms with Gasteiger partial charge in [-0.25, -0.2) is 0 Å². The molecule has 2 heteroatoms. The maximum absolute atomic E-state index is 12.4. The van der Waals surface area contributed by atoms with E-state index in [9.17, 15) is 4.79 Å². The van der Waals surface area contributed by atoms with Crippen molar-refractivity contribution >= 4 is 16.6 Å². The zero-order valence-electron chi connectivity index (χ0n) is 9.71. The Balaban J connectivity index is 2.18. The van der Waals surface area contributed by atoms with Crippen LogP contribution in [0.2, 0.25) is 0 Å². The number of carbonyl (C=O) groups excluding carboxylic acids is 1. The lowest BCUT2D eigenvalue weighted by Gasteiger charge is -2.05. The molecular weight excluding hydrogens is 222 g/mol. The van der Waals surface area contributed by atoms with Crippen LogP contribution in [0.4, 0.5) is 0 Å². The molecule has 0 aliphatic rings. The highest BCUT2D eigenvalue weighted by Gasteiger charge is 2.11. The first-order valence-corrected chi connectivity index (χ1v) is 5.79. The summed E-state index contributed by atoms with van der Waals surface area (Å²) in [6.45, 7) is 0. The summed E-state index contributed by atoms with van der Waals surface area (Å²) in [4.78, 5) is 16.5. The third kappa shape index (κ3) is 1.78. The molecule has 2 nitrogen and oxygen atoms in total. The molecule has 0 fully saturated rings. The van der Waals surface area contributed by atoms with Crippen LogP contribution in [0.3, 0.4) is 0 Å². The van der Waals surface area contributed by atoms with Gasteiger partial charge in [-0.15, -0.1) is 0 Å². The summed E-state index contributed by atoms with van der Waals surface area (Å²) < 4.78 is 0. The summed E-state index contributed by atoms with van der Waals surface area (Å²) in [5, 5.41) is 1.93. The Labute approximate surface area is 105 Å². The average molecular weight is 233 g/mol. The van der Waals surface area contributed by atoms with Gasteiger partial charge >= 0.3 is 0 Å². The van der Waals surface area contributed by atoms with Crippen LogP contribution in [0.15, 0.2) is 67.0 Å². The smallest absolute Gasteiger partial charge is 0.193 e. The van der Waals surface area contributed by atoms with E-state index in [-0.39, 0.29) is 5.78 Å². The van der Waals surface area contributed by atoms with E-state index in [0.717, 1.165) is 16.3 Å². The van der Waals surface area contributed by atoms with Crippen LogP contribution in [-0.4, -0.2) is 10.8 Å². The number of rotatable bonds is 2. The van der Waals surface area contributed by atoms with Gasteiger partial charge in [-0.2, -0.15) is 0 Å². The van der Waals surface area contributed by atoms with Gasteiger partial charge < -0.3 is 0 Å². The van der Waals surface area contributed by atoms with Crippen molar-refractivity contribution < 1.29 is 4.79 Å². The van der Waals surface area contributed by atoms with E-state index in [2.05, 4.69) is 4.98 Å². The van der Waals surface area contributed by atoms with Crippen molar-refractivity contribution in [3.63, 3.8) is 0 Å². The monoisotopic (exact) mass is 233 g/mol. The Morgan fingerprint density at radius 2 is 1.72 bits per heavy atom. The predicted molar refractivity (Wildman–Crippen MR) is 71.6 cm³/mol. The number of nitrogens with zero attached hydrogens (tertiary/aromatic N) is 1. The summed E-state index contributed by atoms with van der Waals surface area (Å²) in [5.41, 5.74) is 1.43. The zero-order chi connectivity index (χ0) is 12.4. The molecule has 3 rings (SSSR count). The molecule has 3 aromatic rings. The molecule has 0 saturated carbocycles. The lowest BCUT2D eigenvalue weighted by Crippen LogP contribution is -2.01. The number of hydrogen-bond acceptors (Lipinski definition) is 2. The number of hydrogen-bond donors (Lipinski definition) is 0. The van der Waals surface area contributed by atoms with Crippen molar-refractivity contribution in [1.82, 2.24) is 4.98 Å². The van der Waals surface area contributed by atoms with Crippen LogP contribution in [0, 0.1) is 0 Å². The molecule has 0 aliphatic carbocycles. The molecule has 0 amide bonds. The van der Waals surface area contributed by atoms with Gasteiger partial charge in [0.05, 0.1) is 0 Å². The molecule has 18 heavy (non-hydrogen) atoms. The molecule has 0 saturated heterocycles. The quantitative estimate of drug-likeness (QED) is 0.634. The largest absolute Gasteiger partial charge is 0.289 e. The first kappa shape index (κ1) is 10.7. The van der Waals surface area contributed by atoms with Gasteiger partial charge in [0.1, 0.15) is 0 Å². The Morgan fingerprint density at radius 1 is 0.889 bits per heavy atom. The molecule has 0 unspecified atom stereocenters. The van der Waals surface area contributed by atoms with Crippen LogP contribution in [0.25, 0.3) is 10.8 Å². The second-order valence-corrected chi connectivity index (χ2v) is 4.10. The van der Waals surface area contributed by atoms with E-state index in [4.69, 9.17) is 0 Å². The Hall–Kier alpha value is -2.48. The first-order valence-electron chi connectivity index (χ1n) is 5.79. The minimum Gasteiger partial charge on any atom is -0.289 e. The van der Waals surface area contributed by atoms with E-state index in [1.165, 1.54) is 0 Å². The second-order valence-electron chi connectivity index (χ2n) is 4.10. The topological polar surface area (TPSA) is 30.0 Å². The first-order chi connectivity index (χ1) is 8.86. The standard InChI is InChI=1S/C16H11NO/c18-16(12-5-2-1-3-6-12)15-8-4-7-13-11-17-10-9-14(13)15/h1-11H. The number of fused-ring (bicyclic) bond motifs is 1. The highest BCUT2D eigenvalue weighted by Crippen LogP contribution is 2.20. The fourth-order valence-electron chi connectivity index (χ4n) is 2.07. The Kier molecular flexibility index (Phi) is 2.61. The Bertz CT molecular complexity index is 699. The number of carbonyl (C=O) groups is 1. The molecule has 0 spiro atoms. The lowest BCUT2D eigenvalue weighted by atomic mass is 9.98. The molecule has 2 aromatic carbocycles. The van der Waals surface area contributed by atoms with E-state index in [0.29, 0.717) is 5.56 Å². The van der Waals surface area contributed by atoms with Crippen LogP contribution in [0.1, 0.15) is 15.9 Å². The van der Waals surface area contributed by atoms with E-state index in [1.807, 2.05) is 54.6 Å². The average Bonchev–Trinajstić information content (AvgIpc) is 2.47. The SMILES string of the molecule is O=C(c1ccccc1)c1cccc2cnccc12. The summed E-state index contributed by atoms with van der Waals surface area (Å²) in [5.74, 6) is 0.0485. The number of ketones is 1. The Morgan fingerprint density at radius 3 is 2.56 bits per heavy atom. The van der Waals surface area contributed by atoms with Crippen LogP contribution in [-0.2, 0) is 0 Å². The zero-order valence-corrected chi connectivity index (χ0v) is 9.71. The predicted octanol–water partition coefficient (Wildman–Crippen LogP) is 3.47. The van der Waals surface area contributed by atoms with Gasteiger partial charge in [-0.3, -0.25) is 9.78 Å². The van der Waals surface area contributed by atoms with Gasteiger partial charge in [-0.1, -0.05) is 48.5 Å². The highest BCUT2D eigenvalue weighted by molar-refractivity contribution is 6.16. The minimum absolute atomic E-state index is 0.0485. The maximum atomic E-state index is 12.4. The van der Waals surface area contributed by atoms with Crippen molar-refractivity contribution in [3.8, 4) is 0 Å². The fourth-order valence-corrected chi connectivity index (χ4v) is 2.07. The molecule has 1 heterocycles. The van der Waals surface area contributed by atoms with E-state index in [1.54, 1.807) is 12.4 Å². The summed E-state index contributed by atoms with van der Waals surface area (Å²) >= 11 is 0. The molecule has 86 valence electrons. The van der Waals surface area contributed by atoms with Crippen molar-refractivity contribution in [2.24, 2.45) is 0 Å². The van der Waals surface area contributed by atoms with Gasteiger partial charge in [0.15, 0.2) is 5.78 Å². The van der Waals surface area contributed by atoms with Crippen LogP contribution in [0.5, 0.6) is 0 Å². The second kappa shape index (κ2) is 4.41. The number of aromatic nitrogens is 1. The van der Waals surface area contributed by atoms with Crippen molar-refractivity contribution in [2.45, 2.75) is 0 Å². The summed E-state index contributed by atoms with van der Waals surface area (Å²) in [6.07, 6.45) is 3.49.